The van der Waals surface area contributed by atoms with Gasteiger partial charge < -0.3 is 20.7 Å². The molecular weight excluding hydrogens is 266 g/mol. The number of anilines is 3. The molecule has 2 aromatic rings. The average molecular weight is 285 g/mol. The number of ether oxygens (including phenoxy) is 1. The summed E-state index contributed by atoms with van der Waals surface area (Å²) in [7, 11) is 5.12. The molecule has 110 valence electrons. The molecule has 0 unspecified atom stereocenters. The lowest BCUT2D eigenvalue weighted by atomic mass is 10.1. The van der Waals surface area contributed by atoms with E-state index >= 15 is 0 Å². The third-order valence-corrected chi connectivity index (χ3v) is 3.32. The van der Waals surface area contributed by atoms with Crippen LogP contribution in [0.3, 0.4) is 0 Å². The molecule has 21 heavy (non-hydrogen) atoms. The summed E-state index contributed by atoms with van der Waals surface area (Å²) in [6.07, 6.45) is 0. The SMILES string of the molecule is CNC(=O)c1ccc(N)c(N(C)c2cccc(OC)c2)c1. The van der Waals surface area contributed by atoms with Crippen molar-refractivity contribution < 1.29 is 9.53 Å². The van der Waals surface area contributed by atoms with Crippen LogP contribution in [0.5, 0.6) is 5.75 Å². The van der Waals surface area contributed by atoms with Crippen LogP contribution in [0.25, 0.3) is 0 Å². The van der Waals surface area contributed by atoms with Crippen LogP contribution in [-0.2, 0) is 0 Å². The molecule has 0 radical (unpaired) electrons. The van der Waals surface area contributed by atoms with Crippen molar-refractivity contribution in [2.24, 2.45) is 0 Å². The minimum atomic E-state index is -0.143. The average Bonchev–Trinajstić information content (AvgIpc) is 2.54. The van der Waals surface area contributed by atoms with E-state index in [1.165, 1.54) is 0 Å². The van der Waals surface area contributed by atoms with Crippen molar-refractivity contribution >= 4 is 23.0 Å². The maximum Gasteiger partial charge on any atom is 0.251 e. The van der Waals surface area contributed by atoms with E-state index in [9.17, 15) is 4.79 Å². The minimum absolute atomic E-state index is 0.143. The standard InChI is InChI=1S/C16H19N3O2/c1-18-16(20)11-7-8-14(17)15(9-11)19(2)12-5-4-6-13(10-12)21-3/h4-10H,17H2,1-3H3,(H,18,20). The van der Waals surface area contributed by atoms with Gasteiger partial charge in [-0.1, -0.05) is 6.07 Å². The topological polar surface area (TPSA) is 67.6 Å². The van der Waals surface area contributed by atoms with Gasteiger partial charge in [-0.15, -0.1) is 0 Å². The zero-order valence-corrected chi connectivity index (χ0v) is 12.4. The number of carbonyl (C=O) groups is 1. The number of nitrogens with two attached hydrogens (primary N) is 1. The van der Waals surface area contributed by atoms with E-state index in [2.05, 4.69) is 5.32 Å². The third kappa shape index (κ3) is 3.08. The summed E-state index contributed by atoms with van der Waals surface area (Å²) in [6, 6.07) is 12.9. The van der Waals surface area contributed by atoms with Crippen LogP contribution in [0.4, 0.5) is 17.1 Å². The van der Waals surface area contributed by atoms with Gasteiger partial charge in [0.1, 0.15) is 5.75 Å². The molecule has 0 saturated heterocycles. The largest absolute Gasteiger partial charge is 0.497 e. The van der Waals surface area contributed by atoms with Crippen molar-refractivity contribution in [2.75, 3.05) is 31.8 Å². The van der Waals surface area contributed by atoms with Crippen molar-refractivity contribution in [3.8, 4) is 5.75 Å². The summed E-state index contributed by atoms with van der Waals surface area (Å²) in [5, 5.41) is 2.61. The molecule has 3 N–H and O–H groups in total. The molecule has 0 aromatic heterocycles. The molecule has 0 atom stereocenters. The van der Waals surface area contributed by atoms with E-state index in [4.69, 9.17) is 10.5 Å². The molecule has 0 spiro atoms. The highest BCUT2D eigenvalue weighted by Crippen LogP contribution is 2.31. The molecule has 1 amide bonds. The Morgan fingerprint density at radius 2 is 2.00 bits per heavy atom. The second-order valence-corrected chi connectivity index (χ2v) is 4.61. The fourth-order valence-electron chi connectivity index (χ4n) is 2.08. The smallest absolute Gasteiger partial charge is 0.251 e. The van der Waals surface area contributed by atoms with E-state index in [-0.39, 0.29) is 5.91 Å². The number of benzene rings is 2. The number of carbonyl (C=O) groups excluding carboxylic acids is 1. The Morgan fingerprint density at radius 3 is 2.67 bits per heavy atom. The molecule has 0 aliphatic rings. The summed E-state index contributed by atoms with van der Waals surface area (Å²) >= 11 is 0. The molecule has 2 rings (SSSR count). The van der Waals surface area contributed by atoms with Gasteiger partial charge in [-0.05, 0) is 30.3 Å². The number of nitrogens with one attached hydrogen (secondary N) is 1. The first-order valence-electron chi connectivity index (χ1n) is 6.56. The number of methoxy groups -OCH3 is 1. The Labute approximate surface area is 124 Å². The Bertz CT molecular complexity index is 656. The van der Waals surface area contributed by atoms with E-state index < -0.39 is 0 Å². The normalized spacial score (nSPS) is 10.0. The van der Waals surface area contributed by atoms with Crippen molar-refractivity contribution in [2.45, 2.75) is 0 Å². The second-order valence-electron chi connectivity index (χ2n) is 4.61. The van der Waals surface area contributed by atoms with E-state index in [0.717, 1.165) is 17.1 Å². The molecule has 0 aliphatic carbocycles. The van der Waals surface area contributed by atoms with Gasteiger partial charge in [-0.25, -0.2) is 0 Å². The number of rotatable bonds is 4. The van der Waals surface area contributed by atoms with Gasteiger partial charge in [0.2, 0.25) is 0 Å². The predicted octanol–water partition coefficient (Wildman–Crippen LogP) is 2.40. The second kappa shape index (κ2) is 6.17. The first-order valence-corrected chi connectivity index (χ1v) is 6.56. The minimum Gasteiger partial charge on any atom is -0.497 e. The monoisotopic (exact) mass is 285 g/mol. The Morgan fingerprint density at radius 1 is 1.24 bits per heavy atom. The first-order chi connectivity index (χ1) is 10.1. The molecular formula is C16H19N3O2. The summed E-state index contributed by atoms with van der Waals surface area (Å²) in [5.41, 5.74) is 8.90. The van der Waals surface area contributed by atoms with Crippen molar-refractivity contribution in [3.05, 3.63) is 48.0 Å². The van der Waals surface area contributed by atoms with Crippen LogP contribution in [0.2, 0.25) is 0 Å². The molecule has 5 heteroatoms. The molecule has 0 bridgehead atoms. The van der Waals surface area contributed by atoms with E-state index in [1.54, 1.807) is 32.4 Å². The summed E-state index contributed by atoms with van der Waals surface area (Å²) in [6.45, 7) is 0. The highest BCUT2D eigenvalue weighted by Gasteiger charge is 2.12. The Kier molecular flexibility index (Phi) is 4.33. The lowest BCUT2D eigenvalue weighted by Gasteiger charge is -2.22. The highest BCUT2D eigenvalue weighted by atomic mass is 16.5. The van der Waals surface area contributed by atoms with Crippen LogP contribution in [0, 0.1) is 0 Å². The van der Waals surface area contributed by atoms with Crippen LogP contribution in [0.15, 0.2) is 42.5 Å². The van der Waals surface area contributed by atoms with Gasteiger partial charge in [-0.2, -0.15) is 0 Å². The molecule has 0 aliphatic heterocycles. The maximum atomic E-state index is 11.7. The van der Waals surface area contributed by atoms with Gasteiger partial charge in [0.15, 0.2) is 0 Å². The number of nitrogen functional groups attached to an aromatic ring is 1. The van der Waals surface area contributed by atoms with Gasteiger partial charge >= 0.3 is 0 Å². The molecule has 2 aromatic carbocycles. The Hall–Kier alpha value is -2.69. The number of amides is 1. The van der Waals surface area contributed by atoms with Crippen molar-refractivity contribution in [3.63, 3.8) is 0 Å². The zero-order valence-electron chi connectivity index (χ0n) is 12.4. The summed E-state index contributed by atoms with van der Waals surface area (Å²) < 4.78 is 5.23. The molecule has 0 heterocycles. The van der Waals surface area contributed by atoms with Crippen molar-refractivity contribution in [1.82, 2.24) is 5.32 Å². The van der Waals surface area contributed by atoms with Crippen LogP contribution < -0.4 is 20.7 Å². The molecule has 0 saturated carbocycles. The van der Waals surface area contributed by atoms with Crippen LogP contribution in [-0.4, -0.2) is 27.1 Å². The molecule has 0 fully saturated rings. The fourth-order valence-corrected chi connectivity index (χ4v) is 2.08. The third-order valence-electron chi connectivity index (χ3n) is 3.32. The van der Waals surface area contributed by atoms with E-state index in [1.807, 2.05) is 36.2 Å². The van der Waals surface area contributed by atoms with Crippen LogP contribution in [0.1, 0.15) is 10.4 Å². The number of hydrogen-bond acceptors (Lipinski definition) is 4. The van der Waals surface area contributed by atoms with Gasteiger partial charge in [-0.3, -0.25) is 4.79 Å². The highest BCUT2D eigenvalue weighted by molar-refractivity contribution is 5.96. The first kappa shape index (κ1) is 14.7. The van der Waals surface area contributed by atoms with E-state index in [0.29, 0.717) is 11.3 Å². The lowest BCUT2D eigenvalue weighted by Crippen LogP contribution is -2.19. The Balaban J connectivity index is 2.41. The summed E-state index contributed by atoms with van der Waals surface area (Å²) in [4.78, 5) is 13.7. The zero-order chi connectivity index (χ0) is 15.4. The fraction of sp³-hybridized carbons (Fsp3) is 0.188. The van der Waals surface area contributed by atoms with Gasteiger partial charge in [0.05, 0.1) is 18.5 Å². The molecule has 5 nitrogen and oxygen atoms in total. The van der Waals surface area contributed by atoms with Crippen molar-refractivity contribution in [1.29, 1.82) is 0 Å². The quantitative estimate of drug-likeness (QED) is 0.847. The van der Waals surface area contributed by atoms with Gasteiger partial charge in [0, 0.05) is 31.4 Å². The lowest BCUT2D eigenvalue weighted by molar-refractivity contribution is 0.0963. The van der Waals surface area contributed by atoms with Crippen LogP contribution >= 0.6 is 0 Å². The maximum absolute atomic E-state index is 11.7. The number of hydrogen-bond donors (Lipinski definition) is 2. The summed E-state index contributed by atoms with van der Waals surface area (Å²) in [5.74, 6) is 0.621. The van der Waals surface area contributed by atoms with Gasteiger partial charge in [0.25, 0.3) is 5.91 Å². The predicted molar refractivity (Wildman–Crippen MR) is 85.3 cm³/mol. The number of nitrogens with zero attached hydrogens (tertiary/aromatic N) is 1.